The van der Waals surface area contributed by atoms with E-state index in [1.54, 1.807) is 12.4 Å². The van der Waals surface area contributed by atoms with Gasteiger partial charge in [-0.05, 0) is 43.7 Å². The van der Waals surface area contributed by atoms with Gasteiger partial charge >= 0.3 is 0 Å². The first-order chi connectivity index (χ1) is 18.2. The van der Waals surface area contributed by atoms with E-state index in [2.05, 4.69) is 50.9 Å². The highest BCUT2D eigenvalue weighted by molar-refractivity contribution is 5.90. The zero-order valence-electron chi connectivity index (χ0n) is 20.6. The third-order valence-corrected chi connectivity index (χ3v) is 7.20. The number of hydrogen-bond donors (Lipinski definition) is 3. The second-order valence-electron chi connectivity index (χ2n) is 9.73. The van der Waals surface area contributed by atoms with Crippen LogP contribution in [0.2, 0.25) is 0 Å². The molecule has 3 N–H and O–H groups in total. The number of hydrogen-bond acceptors (Lipinski definition) is 11. The Morgan fingerprint density at radius 1 is 0.973 bits per heavy atom. The minimum atomic E-state index is -0.323. The molecule has 2 aliphatic rings. The quantitative estimate of drug-likeness (QED) is 0.355. The summed E-state index contributed by atoms with van der Waals surface area (Å²) in [6.45, 7) is 3.67. The van der Waals surface area contributed by atoms with Crippen molar-refractivity contribution in [3.8, 4) is 0 Å². The van der Waals surface area contributed by atoms with Crippen molar-refractivity contribution in [2.24, 2.45) is 5.92 Å². The van der Waals surface area contributed by atoms with Crippen molar-refractivity contribution in [1.82, 2.24) is 45.8 Å². The van der Waals surface area contributed by atoms with Gasteiger partial charge in [0, 0.05) is 32.6 Å². The van der Waals surface area contributed by atoms with Crippen molar-refractivity contribution in [3.05, 3.63) is 40.7 Å². The largest absolute Gasteiger partial charge is 0.357 e. The van der Waals surface area contributed by atoms with Gasteiger partial charge in [0.15, 0.2) is 5.82 Å². The van der Waals surface area contributed by atoms with Crippen LogP contribution >= 0.6 is 0 Å². The molecule has 0 aromatic carbocycles. The van der Waals surface area contributed by atoms with E-state index in [1.165, 1.54) is 12.8 Å². The van der Waals surface area contributed by atoms with E-state index < -0.39 is 0 Å². The predicted molar refractivity (Wildman–Crippen MR) is 139 cm³/mol. The third-order valence-electron chi connectivity index (χ3n) is 7.20. The highest BCUT2D eigenvalue weighted by Gasteiger charge is 2.22. The Hall–Kier alpha value is -4.16. The summed E-state index contributed by atoms with van der Waals surface area (Å²) in [5.41, 5.74) is 0.957. The maximum Gasteiger partial charge on any atom is 0.277 e. The van der Waals surface area contributed by atoms with Crippen molar-refractivity contribution in [1.29, 1.82) is 0 Å². The van der Waals surface area contributed by atoms with Crippen molar-refractivity contribution in [2.45, 2.75) is 44.9 Å². The Morgan fingerprint density at radius 3 is 2.54 bits per heavy atom. The number of aromatic amines is 2. The van der Waals surface area contributed by atoms with E-state index in [-0.39, 0.29) is 5.56 Å². The lowest BCUT2D eigenvalue weighted by Crippen LogP contribution is -2.34. The second kappa shape index (κ2) is 10.4. The molecular formula is C24H30N12O. The molecule has 2 aliphatic heterocycles. The normalized spacial score (nSPS) is 17.2. The minimum Gasteiger partial charge on any atom is -0.357 e. The summed E-state index contributed by atoms with van der Waals surface area (Å²) < 4.78 is 0. The summed E-state index contributed by atoms with van der Waals surface area (Å²) in [5, 5.41) is 24.5. The molecule has 0 radical (unpaired) electrons. The molecule has 0 amide bonds. The zero-order valence-corrected chi connectivity index (χ0v) is 20.6. The van der Waals surface area contributed by atoms with Crippen LogP contribution in [-0.4, -0.2) is 72.0 Å². The minimum absolute atomic E-state index is 0.323. The Kier molecular flexibility index (Phi) is 6.57. The lowest BCUT2D eigenvalue weighted by atomic mass is 9.93. The first kappa shape index (κ1) is 23.3. The molecule has 4 aromatic rings. The molecule has 0 bridgehead atoms. The van der Waals surface area contributed by atoms with Crippen LogP contribution in [0.25, 0.3) is 10.9 Å². The van der Waals surface area contributed by atoms with E-state index in [4.69, 9.17) is 9.97 Å². The molecule has 13 nitrogen and oxygen atoms in total. The summed E-state index contributed by atoms with van der Waals surface area (Å²) in [7, 11) is 0. The molecule has 6 rings (SSSR count). The molecule has 2 fully saturated rings. The van der Waals surface area contributed by atoms with Crippen LogP contribution in [0.5, 0.6) is 0 Å². The summed E-state index contributed by atoms with van der Waals surface area (Å²) >= 11 is 0. The van der Waals surface area contributed by atoms with Gasteiger partial charge in [-0.15, -0.1) is 10.2 Å². The van der Waals surface area contributed by atoms with Crippen LogP contribution in [0.3, 0.4) is 0 Å². The van der Waals surface area contributed by atoms with Crippen LogP contribution in [-0.2, 0) is 6.42 Å². The standard InChI is InChI=1S/C24H30N12O/c37-23-21-18(15-26-32-23)28-24(36-9-3-1-2-4-10-36)29-22(21)27-17-5-6-20(25-14-17)35-11-7-16(8-12-35)13-19-30-33-34-31-19/h5-6,14-16H,1-4,7-13H2,(H,32,37)(H,27,28,29)(H,30,31,33,34). The lowest BCUT2D eigenvalue weighted by molar-refractivity contribution is 0.395. The van der Waals surface area contributed by atoms with Gasteiger partial charge in [-0.25, -0.2) is 15.1 Å². The van der Waals surface area contributed by atoms with Crippen molar-refractivity contribution in [2.75, 3.05) is 41.3 Å². The topological polar surface area (TPSA) is 157 Å². The van der Waals surface area contributed by atoms with Crippen LogP contribution in [0, 0.1) is 5.92 Å². The Morgan fingerprint density at radius 2 is 1.81 bits per heavy atom. The number of piperidine rings is 1. The molecule has 0 saturated carbocycles. The lowest BCUT2D eigenvalue weighted by Gasteiger charge is -2.32. The highest BCUT2D eigenvalue weighted by atomic mass is 16.1. The summed E-state index contributed by atoms with van der Waals surface area (Å²) in [4.78, 5) is 31.3. The number of nitrogens with one attached hydrogen (secondary N) is 3. The number of fused-ring (bicyclic) bond motifs is 1. The van der Waals surface area contributed by atoms with Gasteiger partial charge in [0.1, 0.15) is 22.5 Å². The smallest absolute Gasteiger partial charge is 0.277 e. The number of aromatic nitrogens is 9. The fourth-order valence-electron chi connectivity index (χ4n) is 5.17. The Bertz CT molecular complexity index is 1370. The third kappa shape index (κ3) is 5.20. The van der Waals surface area contributed by atoms with Crippen molar-refractivity contribution >= 4 is 34.2 Å². The Labute approximate surface area is 213 Å². The molecule has 0 unspecified atom stereocenters. The first-order valence-corrected chi connectivity index (χ1v) is 12.9. The number of rotatable bonds is 6. The number of nitrogens with zero attached hydrogens (tertiary/aromatic N) is 9. The van der Waals surface area contributed by atoms with E-state index in [0.717, 1.165) is 75.6 Å². The highest BCUT2D eigenvalue weighted by Crippen LogP contribution is 2.27. The van der Waals surface area contributed by atoms with Crippen LogP contribution < -0.4 is 20.7 Å². The Balaban J connectivity index is 1.18. The van der Waals surface area contributed by atoms with Gasteiger partial charge in [-0.3, -0.25) is 4.79 Å². The average Bonchev–Trinajstić information content (AvgIpc) is 3.28. The molecule has 2 saturated heterocycles. The fourth-order valence-corrected chi connectivity index (χ4v) is 5.17. The van der Waals surface area contributed by atoms with Gasteiger partial charge in [0.25, 0.3) is 5.56 Å². The zero-order chi connectivity index (χ0) is 25.0. The number of tetrazole rings is 1. The van der Waals surface area contributed by atoms with Crippen molar-refractivity contribution < 1.29 is 0 Å². The van der Waals surface area contributed by atoms with Crippen molar-refractivity contribution in [3.63, 3.8) is 0 Å². The number of H-pyrrole nitrogens is 2. The number of anilines is 4. The second-order valence-corrected chi connectivity index (χ2v) is 9.73. The van der Waals surface area contributed by atoms with Crippen LogP contribution in [0.1, 0.15) is 44.3 Å². The van der Waals surface area contributed by atoms with E-state index in [9.17, 15) is 4.79 Å². The van der Waals surface area contributed by atoms with E-state index >= 15 is 0 Å². The molecule has 37 heavy (non-hydrogen) atoms. The fraction of sp³-hybridized carbons (Fsp3) is 0.500. The maximum absolute atomic E-state index is 12.6. The molecule has 6 heterocycles. The molecule has 0 spiro atoms. The van der Waals surface area contributed by atoms with Crippen LogP contribution in [0.15, 0.2) is 29.3 Å². The molecule has 0 aliphatic carbocycles. The molecule has 0 atom stereocenters. The van der Waals surface area contributed by atoms with Gasteiger partial charge in [-0.2, -0.15) is 15.3 Å². The molecule has 4 aromatic heterocycles. The summed E-state index contributed by atoms with van der Waals surface area (Å²) in [6, 6.07) is 3.98. The van der Waals surface area contributed by atoms with E-state index in [1.807, 2.05) is 12.1 Å². The van der Waals surface area contributed by atoms with Gasteiger partial charge in [0.2, 0.25) is 5.95 Å². The van der Waals surface area contributed by atoms with Crippen LogP contribution in [0.4, 0.5) is 23.3 Å². The maximum atomic E-state index is 12.6. The molecule has 192 valence electrons. The molecular weight excluding hydrogens is 472 g/mol. The SMILES string of the molecule is O=c1[nH]ncc2nc(N3CCCCCC3)nc(Nc3ccc(N4CCC(Cc5nn[nH]n5)CC4)nc3)c12. The summed E-state index contributed by atoms with van der Waals surface area (Å²) in [5.74, 6) is 3.34. The van der Waals surface area contributed by atoms with E-state index in [0.29, 0.717) is 28.6 Å². The molecule has 13 heteroatoms. The number of pyridine rings is 1. The first-order valence-electron chi connectivity index (χ1n) is 12.9. The van der Waals surface area contributed by atoms with Gasteiger partial charge in [0.05, 0.1) is 18.1 Å². The predicted octanol–water partition coefficient (Wildman–Crippen LogP) is 2.20. The summed E-state index contributed by atoms with van der Waals surface area (Å²) in [6.07, 6.45) is 11.0. The van der Waals surface area contributed by atoms with Gasteiger partial charge < -0.3 is 15.1 Å². The monoisotopic (exact) mass is 502 g/mol. The van der Waals surface area contributed by atoms with Gasteiger partial charge in [-0.1, -0.05) is 18.1 Å². The average molecular weight is 503 g/mol.